The first-order valence-electron chi connectivity index (χ1n) is 8.31. The number of amides is 1. The second-order valence-corrected chi connectivity index (χ2v) is 5.64. The summed E-state index contributed by atoms with van der Waals surface area (Å²) in [4.78, 5) is 15.9. The van der Waals surface area contributed by atoms with Gasteiger partial charge in [0.25, 0.3) is 0 Å². The monoisotopic (exact) mass is 289 g/mol. The molecule has 0 saturated carbocycles. The van der Waals surface area contributed by atoms with E-state index in [1.54, 1.807) is 6.20 Å². The molecule has 0 bridgehead atoms. The molecule has 0 aliphatic rings. The maximum Gasteiger partial charge on any atom is 0.225 e. The molecule has 117 valence electrons. The van der Waals surface area contributed by atoms with Crippen LogP contribution in [0.2, 0.25) is 0 Å². The Hall–Kier alpha value is -1.38. The molecule has 1 amide bonds. The highest BCUT2D eigenvalue weighted by molar-refractivity contribution is 5.90. The molecule has 0 saturated heterocycles. The molecule has 0 aliphatic heterocycles. The molecule has 3 heteroatoms. The third-order valence-electron chi connectivity index (χ3n) is 3.66. The SMILES string of the molecule is [CH2]c1cccnc1NC(=O)CCCCCCCCCCC. The van der Waals surface area contributed by atoms with E-state index in [1.807, 2.05) is 12.1 Å². The number of pyridine rings is 1. The van der Waals surface area contributed by atoms with E-state index in [0.29, 0.717) is 12.2 Å². The Morgan fingerprint density at radius 1 is 1.10 bits per heavy atom. The molecule has 0 spiro atoms. The number of hydrogen-bond donors (Lipinski definition) is 1. The van der Waals surface area contributed by atoms with Crippen molar-refractivity contribution < 1.29 is 4.79 Å². The van der Waals surface area contributed by atoms with Gasteiger partial charge in [0.05, 0.1) is 0 Å². The molecule has 21 heavy (non-hydrogen) atoms. The Balaban J connectivity index is 2.00. The van der Waals surface area contributed by atoms with E-state index in [4.69, 9.17) is 0 Å². The summed E-state index contributed by atoms with van der Waals surface area (Å²) in [7, 11) is 0. The van der Waals surface area contributed by atoms with E-state index in [0.717, 1.165) is 18.4 Å². The molecule has 0 unspecified atom stereocenters. The predicted molar refractivity (Wildman–Crippen MR) is 89.2 cm³/mol. The van der Waals surface area contributed by atoms with Gasteiger partial charge in [0.15, 0.2) is 0 Å². The van der Waals surface area contributed by atoms with Crippen LogP contribution in [0.3, 0.4) is 0 Å². The quantitative estimate of drug-likeness (QED) is 0.574. The lowest BCUT2D eigenvalue weighted by Gasteiger charge is -2.06. The fourth-order valence-corrected chi connectivity index (χ4v) is 2.34. The number of nitrogens with one attached hydrogen (secondary N) is 1. The van der Waals surface area contributed by atoms with Gasteiger partial charge >= 0.3 is 0 Å². The molecule has 1 N–H and O–H groups in total. The zero-order valence-electron chi connectivity index (χ0n) is 13.4. The van der Waals surface area contributed by atoms with Gasteiger partial charge in [-0.05, 0) is 25.0 Å². The lowest BCUT2D eigenvalue weighted by Crippen LogP contribution is -2.13. The highest BCUT2D eigenvalue weighted by Crippen LogP contribution is 2.12. The Labute approximate surface area is 129 Å². The molecule has 1 heterocycles. The normalized spacial score (nSPS) is 10.6. The van der Waals surface area contributed by atoms with Crippen molar-refractivity contribution in [2.24, 2.45) is 0 Å². The number of carbonyl (C=O) groups excluding carboxylic acids is 1. The van der Waals surface area contributed by atoms with Gasteiger partial charge in [0.1, 0.15) is 5.82 Å². The van der Waals surface area contributed by atoms with Crippen LogP contribution in [0.1, 0.15) is 76.7 Å². The van der Waals surface area contributed by atoms with Crippen LogP contribution >= 0.6 is 0 Å². The summed E-state index contributed by atoms with van der Waals surface area (Å²) in [6.07, 6.45) is 13.6. The van der Waals surface area contributed by atoms with Crippen LogP contribution in [0.4, 0.5) is 5.82 Å². The second-order valence-electron chi connectivity index (χ2n) is 5.64. The third kappa shape index (κ3) is 8.49. The highest BCUT2D eigenvalue weighted by atomic mass is 16.1. The van der Waals surface area contributed by atoms with E-state index in [9.17, 15) is 4.79 Å². The molecule has 1 aromatic rings. The summed E-state index contributed by atoms with van der Waals surface area (Å²) in [5.41, 5.74) is 0.762. The third-order valence-corrected chi connectivity index (χ3v) is 3.66. The van der Waals surface area contributed by atoms with Crippen molar-refractivity contribution in [3.8, 4) is 0 Å². The number of rotatable bonds is 11. The summed E-state index contributed by atoms with van der Waals surface area (Å²) < 4.78 is 0. The van der Waals surface area contributed by atoms with Crippen LogP contribution in [0.15, 0.2) is 18.3 Å². The molecule has 1 radical (unpaired) electrons. The molecular formula is C18H29N2O. The highest BCUT2D eigenvalue weighted by Gasteiger charge is 2.04. The molecule has 0 aliphatic carbocycles. The largest absolute Gasteiger partial charge is 0.310 e. The lowest BCUT2D eigenvalue weighted by molar-refractivity contribution is -0.116. The smallest absolute Gasteiger partial charge is 0.225 e. The fraction of sp³-hybridized carbons (Fsp3) is 0.611. The fourth-order valence-electron chi connectivity index (χ4n) is 2.34. The maximum absolute atomic E-state index is 11.8. The van der Waals surface area contributed by atoms with Gasteiger partial charge in [-0.1, -0.05) is 64.4 Å². The zero-order chi connectivity index (χ0) is 15.3. The topological polar surface area (TPSA) is 42.0 Å². The van der Waals surface area contributed by atoms with Crippen LogP contribution in [0, 0.1) is 6.92 Å². The first-order chi connectivity index (χ1) is 10.2. The van der Waals surface area contributed by atoms with Crippen LogP contribution < -0.4 is 5.32 Å². The molecule has 0 atom stereocenters. The zero-order valence-corrected chi connectivity index (χ0v) is 13.4. The summed E-state index contributed by atoms with van der Waals surface area (Å²) in [6, 6.07) is 3.67. The summed E-state index contributed by atoms with van der Waals surface area (Å²) >= 11 is 0. The van der Waals surface area contributed by atoms with Crippen molar-refractivity contribution in [2.75, 3.05) is 5.32 Å². The first kappa shape index (κ1) is 17.7. The minimum Gasteiger partial charge on any atom is -0.310 e. The van der Waals surface area contributed by atoms with Crippen LogP contribution in [-0.2, 0) is 4.79 Å². The van der Waals surface area contributed by atoms with Crippen LogP contribution in [0.5, 0.6) is 0 Å². The van der Waals surface area contributed by atoms with Gasteiger partial charge in [0.2, 0.25) is 5.91 Å². The summed E-state index contributed by atoms with van der Waals surface area (Å²) in [6.45, 7) is 6.09. The Bertz CT molecular complexity index is 404. The molecule has 3 nitrogen and oxygen atoms in total. The second kappa shape index (κ2) is 11.3. The summed E-state index contributed by atoms with van der Waals surface area (Å²) in [5, 5.41) is 2.82. The van der Waals surface area contributed by atoms with Crippen molar-refractivity contribution in [1.82, 2.24) is 4.98 Å². The van der Waals surface area contributed by atoms with Crippen molar-refractivity contribution in [2.45, 2.75) is 71.1 Å². The number of aromatic nitrogens is 1. The number of hydrogen-bond acceptors (Lipinski definition) is 2. The van der Waals surface area contributed by atoms with E-state index in [1.165, 1.54) is 44.9 Å². The number of carbonyl (C=O) groups is 1. The van der Waals surface area contributed by atoms with Gasteiger partial charge < -0.3 is 5.32 Å². The van der Waals surface area contributed by atoms with E-state index in [2.05, 4.69) is 24.1 Å². The van der Waals surface area contributed by atoms with Crippen molar-refractivity contribution >= 4 is 11.7 Å². The first-order valence-corrected chi connectivity index (χ1v) is 8.31. The Morgan fingerprint density at radius 2 is 1.71 bits per heavy atom. The standard InChI is InChI=1S/C18H29N2O/c1-3-4-5-6-7-8-9-10-11-14-17(21)20-18-16(2)13-12-15-19-18/h12-13,15H,2-11,14H2,1H3,(H,19,20,21). The minimum absolute atomic E-state index is 0.0431. The van der Waals surface area contributed by atoms with Crippen LogP contribution in [0.25, 0.3) is 0 Å². The number of unbranched alkanes of at least 4 members (excludes halogenated alkanes) is 8. The minimum atomic E-state index is 0.0431. The Kier molecular flexibility index (Phi) is 9.51. The average Bonchev–Trinajstić information content (AvgIpc) is 2.48. The van der Waals surface area contributed by atoms with E-state index in [-0.39, 0.29) is 5.91 Å². The molecule has 1 aromatic heterocycles. The van der Waals surface area contributed by atoms with Crippen molar-refractivity contribution in [3.05, 3.63) is 30.8 Å². The van der Waals surface area contributed by atoms with Crippen molar-refractivity contribution in [3.63, 3.8) is 0 Å². The van der Waals surface area contributed by atoms with Gasteiger partial charge in [0, 0.05) is 12.6 Å². The van der Waals surface area contributed by atoms with Gasteiger partial charge in [-0.3, -0.25) is 4.79 Å². The van der Waals surface area contributed by atoms with E-state index < -0.39 is 0 Å². The van der Waals surface area contributed by atoms with Gasteiger partial charge in [-0.15, -0.1) is 0 Å². The Morgan fingerprint density at radius 3 is 2.33 bits per heavy atom. The number of nitrogens with zero attached hydrogens (tertiary/aromatic N) is 1. The van der Waals surface area contributed by atoms with Crippen LogP contribution in [-0.4, -0.2) is 10.9 Å². The number of anilines is 1. The van der Waals surface area contributed by atoms with Gasteiger partial charge in [-0.2, -0.15) is 0 Å². The predicted octanol–water partition coefficient (Wildman–Crippen LogP) is 5.12. The summed E-state index contributed by atoms with van der Waals surface area (Å²) in [5.74, 6) is 0.625. The molecule has 1 rings (SSSR count). The average molecular weight is 289 g/mol. The maximum atomic E-state index is 11.8. The molecule has 0 fully saturated rings. The molecular weight excluding hydrogens is 260 g/mol. The molecule has 0 aromatic carbocycles. The lowest BCUT2D eigenvalue weighted by atomic mass is 10.1. The van der Waals surface area contributed by atoms with E-state index >= 15 is 0 Å². The van der Waals surface area contributed by atoms with Crippen molar-refractivity contribution in [1.29, 1.82) is 0 Å². The van der Waals surface area contributed by atoms with Gasteiger partial charge in [-0.25, -0.2) is 4.98 Å².